The van der Waals surface area contributed by atoms with Gasteiger partial charge >= 0.3 is 5.97 Å². The lowest BCUT2D eigenvalue weighted by Gasteiger charge is -2.08. The normalized spacial score (nSPS) is 11.7. The molecule has 3 aromatic rings. The number of thiazole rings is 1. The first kappa shape index (κ1) is 19.2. The molecule has 3 heterocycles. The van der Waals surface area contributed by atoms with Crippen molar-refractivity contribution in [2.75, 3.05) is 25.3 Å². The number of carbonyl (C=O) groups is 1. The Morgan fingerprint density at radius 2 is 2.13 bits per heavy atom. The van der Waals surface area contributed by atoms with Gasteiger partial charge in [0.25, 0.3) is 5.56 Å². The number of fused-ring (bicyclic) bond motifs is 2. The lowest BCUT2D eigenvalue weighted by molar-refractivity contribution is -0.140. The number of carbonyl (C=O) groups excluding carboxylic acids is 1. The van der Waals surface area contributed by atoms with Crippen LogP contribution in [0, 0.1) is 22.7 Å². The number of aromatic nitrogens is 2. The van der Waals surface area contributed by atoms with Crippen molar-refractivity contribution in [1.82, 2.24) is 9.38 Å². The summed E-state index contributed by atoms with van der Waals surface area (Å²) >= 11 is 0.967. The summed E-state index contributed by atoms with van der Waals surface area (Å²) in [4.78, 5) is 29.6. The highest BCUT2D eigenvalue weighted by Gasteiger charge is 2.23. The molecule has 0 fully saturated rings. The Morgan fingerprint density at radius 1 is 1.33 bits per heavy atom. The van der Waals surface area contributed by atoms with Crippen molar-refractivity contribution in [3.05, 3.63) is 39.0 Å². The largest absolute Gasteiger partial charge is 0.465 e. The summed E-state index contributed by atoms with van der Waals surface area (Å²) in [6.45, 7) is 1.72. The van der Waals surface area contributed by atoms with Gasteiger partial charge in [-0.05, 0) is 25.1 Å². The Balaban J connectivity index is 1.86. The van der Waals surface area contributed by atoms with Gasteiger partial charge < -0.3 is 19.5 Å². The molecule has 1 N–H and O–H groups in total. The van der Waals surface area contributed by atoms with E-state index in [0.717, 1.165) is 15.7 Å². The standard InChI is InChI=1S/C19H13N5O5S/c1-2-27-15(25)8-22-17-14(7-21)30-19-23-16(11(6-20)18(26)24(17)19)10-3-4-12-13(5-10)29-9-28-12/h3-5,22H,2,8-9H2,1H3. The molecule has 30 heavy (non-hydrogen) atoms. The van der Waals surface area contributed by atoms with E-state index in [9.17, 15) is 20.1 Å². The van der Waals surface area contributed by atoms with E-state index in [0.29, 0.717) is 17.1 Å². The van der Waals surface area contributed by atoms with Gasteiger partial charge in [-0.1, -0.05) is 11.3 Å². The van der Waals surface area contributed by atoms with Gasteiger partial charge in [-0.15, -0.1) is 0 Å². The zero-order valence-electron chi connectivity index (χ0n) is 15.6. The molecule has 1 aliphatic heterocycles. The number of nitriles is 2. The van der Waals surface area contributed by atoms with Gasteiger partial charge in [-0.3, -0.25) is 9.59 Å². The number of esters is 1. The predicted octanol–water partition coefficient (Wildman–Crippen LogP) is 1.87. The molecule has 0 bridgehead atoms. The van der Waals surface area contributed by atoms with Crippen LogP contribution >= 0.6 is 11.3 Å². The molecule has 0 radical (unpaired) electrons. The zero-order valence-corrected chi connectivity index (χ0v) is 16.4. The number of hydrogen-bond acceptors (Lipinski definition) is 10. The average molecular weight is 423 g/mol. The first-order chi connectivity index (χ1) is 14.6. The van der Waals surface area contributed by atoms with E-state index in [1.54, 1.807) is 25.1 Å². The van der Waals surface area contributed by atoms with Crippen LogP contribution in [0.15, 0.2) is 23.0 Å². The smallest absolute Gasteiger partial charge is 0.325 e. The molecular formula is C19H13N5O5S. The number of nitrogens with one attached hydrogen (secondary N) is 1. The van der Waals surface area contributed by atoms with Crippen molar-refractivity contribution in [2.24, 2.45) is 0 Å². The SMILES string of the molecule is CCOC(=O)CNc1c(C#N)sc2nc(-c3ccc4c(c3)OCO4)c(C#N)c(=O)n12. The van der Waals surface area contributed by atoms with Crippen molar-refractivity contribution >= 4 is 28.1 Å². The quantitative estimate of drug-likeness (QED) is 0.609. The fraction of sp³-hybridized carbons (Fsp3) is 0.211. The van der Waals surface area contributed by atoms with Gasteiger partial charge in [0, 0.05) is 5.56 Å². The van der Waals surface area contributed by atoms with E-state index in [2.05, 4.69) is 10.3 Å². The van der Waals surface area contributed by atoms with Crippen molar-refractivity contribution in [1.29, 1.82) is 10.5 Å². The van der Waals surface area contributed by atoms with E-state index >= 15 is 0 Å². The summed E-state index contributed by atoms with van der Waals surface area (Å²) in [7, 11) is 0. The first-order valence-electron chi connectivity index (χ1n) is 8.76. The van der Waals surface area contributed by atoms with Gasteiger partial charge in [0.15, 0.2) is 16.5 Å². The van der Waals surface area contributed by atoms with E-state index in [-0.39, 0.29) is 46.9 Å². The van der Waals surface area contributed by atoms with Gasteiger partial charge in [-0.2, -0.15) is 10.5 Å². The Labute approximate surface area is 173 Å². The lowest BCUT2D eigenvalue weighted by atomic mass is 10.1. The van der Waals surface area contributed by atoms with Gasteiger partial charge in [-0.25, -0.2) is 9.38 Å². The van der Waals surface area contributed by atoms with Crippen molar-refractivity contribution in [3.63, 3.8) is 0 Å². The molecule has 0 saturated carbocycles. The van der Waals surface area contributed by atoms with Crippen LogP contribution < -0.4 is 20.3 Å². The number of rotatable bonds is 5. The lowest BCUT2D eigenvalue weighted by Crippen LogP contribution is -2.23. The Morgan fingerprint density at radius 3 is 2.87 bits per heavy atom. The highest BCUT2D eigenvalue weighted by molar-refractivity contribution is 7.18. The highest BCUT2D eigenvalue weighted by Crippen LogP contribution is 2.36. The maximum Gasteiger partial charge on any atom is 0.325 e. The van der Waals surface area contributed by atoms with Crippen LogP contribution in [0.5, 0.6) is 11.5 Å². The van der Waals surface area contributed by atoms with Crippen LogP contribution in [0.25, 0.3) is 16.2 Å². The molecule has 1 aromatic carbocycles. The molecular weight excluding hydrogens is 410 g/mol. The second-order valence-corrected chi connectivity index (χ2v) is 6.97. The molecule has 0 unspecified atom stereocenters. The second-order valence-electron chi connectivity index (χ2n) is 5.99. The number of anilines is 1. The molecule has 0 aliphatic carbocycles. The molecule has 11 heteroatoms. The molecule has 1 aliphatic rings. The minimum Gasteiger partial charge on any atom is -0.465 e. The number of nitrogens with zero attached hydrogens (tertiary/aromatic N) is 4. The van der Waals surface area contributed by atoms with Crippen LogP contribution in [-0.4, -0.2) is 35.3 Å². The summed E-state index contributed by atoms with van der Waals surface area (Å²) < 4.78 is 16.6. The maximum atomic E-state index is 13.1. The van der Waals surface area contributed by atoms with Gasteiger partial charge in [0.2, 0.25) is 6.79 Å². The van der Waals surface area contributed by atoms with Crippen molar-refractivity contribution in [2.45, 2.75) is 6.92 Å². The third-order valence-electron chi connectivity index (χ3n) is 4.25. The molecule has 150 valence electrons. The summed E-state index contributed by atoms with van der Waals surface area (Å²) in [6, 6.07) is 8.86. The monoisotopic (exact) mass is 423 g/mol. The minimum absolute atomic E-state index is 0.0883. The molecule has 2 aromatic heterocycles. The fourth-order valence-electron chi connectivity index (χ4n) is 2.96. The third-order valence-corrected chi connectivity index (χ3v) is 5.19. The number of benzene rings is 1. The van der Waals surface area contributed by atoms with Gasteiger partial charge in [0.1, 0.15) is 34.9 Å². The summed E-state index contributed by atoms with van der Waals surface area (Å²) in [5.74, 6) is 0.596. The summed E-state index contributed by atoms with van der Waals surface area (Å²) in [6.07, 6.45) is 0. The van der Waals surface area contributed by atoms with Gasteiger partial charge in [0.05, 0.1) is 12.3 Å². The summed E-state index contributed by atoms with van der Waals surface area (Å²) in [5, 5.41) is 21.9. The van der Waals surface area contributed by atoms with Crippen LogP contribution in [0.3, 0.4) is 0 Å². The molecule has 0 atom stereocenters. The van der Waals surface area contributed by atoms with E-state index in [1.807, 2.05) is 12.1 Å². The second kappa shape index (κ2) is 7.73. The predicted molar refractivity (Wildman–Crippen MR) is 105 cm³/mol. The Hall–Kier alpha value is -4.09. The number of ether oxygens (including phenoxy) is 3. The van der Waals surface area contributed by atoms with Crippen LogP contribution in [0.4, 0.5) is 5.82 Å². The molecule has 0 saturated heterocycles. The maximum absolute atomic E-state index is 13.1. The summed E-state index contributed by atoms with van der Waals surface area (Å²) in [5.41, 5.74) is -0.182. The first-order valence-corrected chi connectivity index (χ1v) is 9.58. The topological polar surface area (TPSA) is 139 Å². The van der Waals surface area contributed by atoms with E-state index in [1.165, 1.54) is 0 Å². The Kier molecular flexibility index (Phi) is 4.96. The molecule has 0 amide bonds. The van der Waals surface area contributed by atoms with Crippen LogP contribution in [0.1, 0.15) is 17.4 Å². The van der Waals surface area contributed by atoms with Crippen LogP contribution in [-0.2, 0) is 9.53 Å². The Bertz CT molecular complexity index is 1310. The van der Waals surface area contributed by atoms with Crippen molar-refractivity contribution in [3.8, 4) is 34.9 Å². The van der Waals surface area contributed by atoms with E-state index in [4.69, 9.17) is 14.2 Å². The minimum atomic E-state index is -0.653. The molecule has 4 rings (SSSR count). The zero-order chi connectivity index (χ0) is 21.3. The number of hydrogen-bond donors (Lipinski definition) is 1. The fourth-order valence-corrected chi connectivity index (χ4v) is 3.86. The average Bonchev–Trinajstić information content (AvgIpc) is 3.35. The molecule has 0 spiro atoms. The highest BCUT2D eigenvalue weighted by atomic mass is 32.1. The van der Waals surface area contributed by atoms with Crippen LogP contribution in [0.2, 0.25) is 0 Å². The third kappa shape index (κ3) is 3.17. The molecule has 10 nitrogen and oxygen atoms in total. The van der Waals surface area contributed by atoms with Crippen molar-refractivity contribution < 1.29 is 19.0 Å². The van der Waals surface area contributed by atoms with E-state index < -0.39 is 11.5 Å².